The fraction of sp³-hybridized carbons (Fsp3) is 0.250. The maximum Gasteiger partial charge on any atom is 0.0646 e. The fourth-order valence-electron chi connectivity index (χ4n) is 2.18. The predicted molar refractivity (Wildman–Crippen MR) is 83.2 cm³/mol. The highest BCUT2D eigenvalue weighted by Crippen LogP contribution is 2.32. The number of aryl methyl sites for hydroxylation is 1. The average Bonchev–Trinajstić information content (AvgIpc) is 2.41. The molecule has 0 aromatic heterocycles. The summed E-state index contributed by atoms with van der Waals surface area (Å²) < 4.78 is 0. The Kier molecular flexibility index (Phi) is 4.46. The van der Waals surface area contributed by atoms with E-state index in [1.54, 1.807) is 0 Å². The Bertz CT molecular complexity index is 566. The minimum absolute atomic E-state index is 0.510. The van der Waals surface area contributed by atoms with E-state index in [-0.39, 0.29) is 0 Å². The van der Waals surface area contributed by atoms with Crippen molar-refractivity contribution in [2.24, 2.45) is 5.73 Å². The maximum absolute atomic E-state index is 6.37. The van der Waals surface area contributed by atoms with Gasteiger partial charge in [0.2, 0.25) is 0 Å². The standard InChI is InChI=1S/C16H19ClN2/c1-3-19(14-6-4-5-12(2)9-14)16-8-7-13(11-18)10-15(16)17/h4-10H,3,11,18H2,1-2H3. The third-order valence-corrected chi connectivity index (χ3v) is 3.47. The van der Waals surface area contributed by atoms with Crippen molar-refractivity contribution in [1.82, 2.24) is 0 Å². The lowest BCUT2D eigenvalue weighted by molar-refractivity contribution is 1.01. The Morgan fingerprint density at radius 1 is 1.16 bits per heavy atom. The van der Waals surface area contributed by atoms with Gasteiger partial charge in [-0.3, -0.25) is 0 Å². The molecule has 100 valence electrons. The van der Waals surface area contributed by atoms with E-state index in [1.807, 2.05) is 18.2 Å². The molecular formula is C16H19ClN2. The molecule has 2 aromatic carbocycles. The SMILES string of the molecule is CCN(c1cccc(C)c1)c1ccc(CN)cc1Cl. The van der Waals surface area contributed by atoms with Gasteiger partial charge < -0.3 is 10.6 Å². The van der Waals surface area contributed by atoms with Gasteiger partial charge in [-0.2, -0.15) is 0 Å². The number of halogens is 1. The summed E-state index contributed by atoms with van der Waals surface area (Å²) in [6.07, 6.45) is 0. The van der Waals surface area contributed by atoms with Crippen molar-refractivity contribution in [3.8, 4) is 0 Å². The molecule has 2 nitrogen and oxygen atoms in total. The van der Waals surface area contributed by atoms with Gasteiger partial charge in [0.05, 0.1) is 10.7 Å². The van der Waals surface area contributed by atoms with Crippen LogP contribution in [-0.4, -0.2) is 6.54 Å². The van der Waals surface area contributed by atoms with Crippen molar-refractivity contribution in [3.05, 3.63) is 58.6 Å². The van der Waals surface area contributed by atoms with Crippen LogP contribution in [0.4, 0.5) is 11.4 Å². The summed E-state index contributed by atoms with van der Waals surface area (Å²) in [5, 5.41) is 0.742. The van der Waals surface area contributed by atoms with E-state index in [1.165, 1.54) is 5.56 Å². The summed E-state index contributed by atoms with van der Waals surface area (Å²) in [5.74, 6) is 0. The molecule has 19 heavy (non-hydrogen) atoms. The maximum atomic E-state index is 6.37. The number of hydrogen-bond donors (Lipinski definition) is 1. The van der Waals surface area contributed by atoms with Crippen LogP contribution in [0.3, 0.4) is 0 Å². The number of hydrogen-bond acceptors (Lipinski definition) is 2. The molecule has 0 aliphatic carbocycles. The minimum atomic E-state index is 0.510. The van der Waals surface area contributed by atoms with Crippen molar-refractivity contribution >= 4 is 23.0 Å². The van der Waals surface area contributed by atoms with Gasteiger partial charge in [-0.1, -0.05) is 29.8 Å². The lowest BCUT2D eigenvalue weighted by atomic mass is 10.1. The second-order valence-electron chi connectivity index (χ2n) is 4.57. The van der Waals surface area contributed by atoms with Crippen LogP contribution in [0.2, 0.25) is 5.02 Å². The summed E-state index contributed by atoms with van der Waals surface area (Å²) in [7, 11) is 0. The summed E-state index contributed by atoms with van der Waals surface area (Å²) in [6, 6.07) is 14.4. The van der Waals surface area contributed by atoms with E-state index in [0.717, 1.165) is 28.5 Å². The molecule has 0 aliphatic rings. The second kappa shape index (κ2) is 6.09. The van der Waals surface area contributed by atoms with E-state index < -0.39 is 0 Å². The number of rotatable bonds is 4. The highest BCUT2D eigenvalue weighted by Gasteiger charge is 2.11. The van der Waals surface area contributed by atoms with Gasteiger partial charge in [0.15, 0.2) is 0 Å². The van der Waals surface area contributed by atoms with Crippen molar-refractivity contribution in [1.29, 1.82) is 0 Å². The Morgan fingerprint density at radius 3 is 2.53 bits per heavy atom. The smallest absolute Gasteiger partial charge is 0.0646 e. The summed E-state index contributed by atoms with van der Waals surface area (Å²) in [4.78, 5) is 2.20. The van der Waals surface area contributed by atoms with Gasteiger partial charge in [-0.15, -0.1) is 0 Å². The molecule has 0 saturated carbocycles. The third-order valence-electron chi connectivity index (χ3n) is 3.17. The van der Waals surface area contributed by atoms with Gasteiger partial charge in [0, 0.05) is 18.8 Å². The van der Waals surface area contributed by atoms with Crippen molar-refractivity contribution in [2.75, 3.05) is 11.4 Å². The number of benzene rings is 2. The van der Waals surface area contributed by atoms with E-state index in [4.69, 9.17) is 17.3 Å². The van der Waals surface area contributed by atoms with Crippen LogP contribution in [-0.2, 0) is 6.54 Å². The molecule has 2 N–H and O–H groups in total. The molecule has 0 saturated heterocycles. The van der Waals surface area contributed by atoms with Crippen LogP contribution in [0.1, 0.15) is 18.1 Å². The Balaban J connectivity index is 2.42. The summed E-state index contributed by atoms with van der Waals surface area (Å²) in [5.41, 5.74) is 10.1. The van der Waals surface area contributed by atoms with Gasteiger partial charge in [-0.25, -0.2) is 0 Å². The minimum Gasteiger partial charge on any atom is -0.341 e. The van der Waals surface area contributed by atoms with Crippen molar-refractivity contribution in [3.63, 3.8) is 0 Å². The molecule has 0 bridgehead atoms. The molecule has 0 amide bonds. The van der Waals surface area contributed by atoms with Crippen LogP contribution in [0.5, 0.6) is 0 Å². The number of anilines is 2. The highest BCUT2D eigenvalue weighted by molar-refractivity contribution is 6.33. The molecule has 0 atom stereocenters. The molecule has 0 spiro atoms. The third kappa shape index (κ3) is 3.09. The van der Waals surface area contributed by atoms with Gasteiger partial charge in [0.25, 0.3) is 0 Å². The zero-order valence-electron chi connectivity index (χ0n) is 11.4. The van der Waals surface area contributed by atoms with Crippen molar-refractivity contribution in [2.45, 2.75) is 20.4 Å². The van der Waals surface area contributed by atoms with Crippen LogP contribution < -0.4 is 10.6 Å². The molecule has 0 aliphatic heterocycles. The first-order valence-electron chi connectivity index (χ1n) is 6.48. The monoisotopic (exact) mass is 274 g/mol. The lowest BCUT2D eigenvalue weighted by Gasteiger charge is -2.25. The van der Waals surface area contributed by atoms with Crippen LogP contribution in [0.25, 0.3) is 0 Å². The molecule has 2 aromatic rings. The quantitative estimate of drug-likeness (QED) is 0.902. The normalized spacial score (nSPS) is 10.5. The van der Waals surface area contributed by atoms with E-state index in [0.29, 0.717) is 6.54 Å². The highest BCUT2D eigenvalue weighted by atomic mass is 35.5. The topological polar surface area (TPSA) is 29.3 Å². The van der Waals surface area contributed by atoms with Gasteiger partial charge in [0.1, 0.15) is 0 Å². The zero-order valence-corrected chi connectivity index (χ0v) is 12.1. The van der Waals surface area contributed by atoms with Crippen LogP contribution >= 0.6 is 11.6 Å². The first-order valence-corrected chi connectivity index (χ1v) is 6.86. The first-order chi connectivity index (χ1) is 9.15. The second-order valence-corrected chi connectivity index (χ2v) is 4.98. The molecule has 3 heteroatoms. The molecule has 0 radical (unpaired) electrons. The molecule has 0 fully saturated rings. The Hall–Kier alpha value is -1.51. The Labute approximate surface area is 119 Å². The van der Waals surface area contributed by atoms with Crippen LogP contribution in [0.15, 0.2) is 42.5 Å². The zero-order chi connectivity index (χ0) is 13.8. The van der Waals surface area contributed by atoms with E-state index >= 15 is 0 Å². The number of nitrogens with two attached hydrogens (primary N) is 1. The van der Waals surface area contributed by atoms with E-state index in [2.05, 4.69) is 43.0 Å². The molecule has 2 rings (SSSR count). The fourth-order valence-corrected chi connectivity index (χ4v) is 2.49. The molecule has 0 heterocycles. The first kappa shape index (κ1) is 13.9. The lowest BCUT2D eigenvalue weighted by Crippen LogP contribution is -2.16. The number of nitrogens with zero attached hydrogens (tertiary/aromatic N) is 1. The predicted octanol–water partition coefficient (Wildman–Crippen LogP) is 4.27. The average molecular weight is 275 g/mol. The van der Waals surface area contributed by atoms with Gasteiger partial charge >= 0.3 is 0 Å². The van der Waals surface area contributed by atoms with E-state index in [9.17, 15) is 0 Å². The van der Waals surface area contributed by atoms with Crippen molar-refractivity contribution < 1.29 is 0 Å². The van der Waals surface area contributed by atoms with Gasteiger partial charge in [-0.05, 0) is 49.2 Å². The molecular weight excluding hydrogens is 256 g/mol. The molecule has 0 unspecified atom stereocenters. The van der Waals surface area contributed by atoms with Crippen LogP contribution in [0, 0.1) is 6.92 Å². The largest absolute Gasteiger partial charge is 0.341 e. The summed E-state index contributed by atoms with van der Waals surface area (Å²) >= 11 is 6.37. The summed E-state index contributed by atoms with van der Waals surface area (Å²) in [6.45, 7) is 5.59. The Morgan fingerprint density at radius 2 is 1.95 bits per heavy atom.